The molecule has 0 saturated carbocycles. The van der Waals surface area contributed by atoms with E-state index in [2.05, 4.69) is 58.7 Å². The summed E-state index contributed by atoms with van der Waals surface area (Å²) < 4.78 is 5.20. The van der Waals surface area contributed by atoms with Crippen molar-refractivity contribution >= 4 is 17.6 Å². The van der Waals surface area contributed by atoms with Crippen LogP contribution in [0.1, 0.15) is 23.6 Å². The number of rotatable bonds is 6. The molecule has 2 heterocycles. The first-order valence-electron chi connectivity index (χ1n) is 12.5. The average Bonchev–Trinajstić information content (AvgIpc) is 3.30. The van der Waals surface area contributed by atoms with Crippen molar-refractivity contribution < 1.29 is 14.3 Å². The summed E-state index contributed by atoms with van der Waals surface area (Å²) in [6.07, 6.45) is 0.307. The van der Waals surface area contributed by atoms with Gasteiger partial charge in [0.1, 0.15) is 5.75 Å². The van der Waals surface area contributed by atoms with Crippen molar-refractivity contribution in [3.05, 3.63) is 96.1 Å². The summed E-state index contributed by atoms with van der Waals surface area (Å²) in [5.74, 6) is 0.764. The molecule has 2 fully saturated rings. The molecule has 186 valence electrons. The van der Waals surface area contributed by atoms with Crippen LogP contribution in [0.4, 0.5) is 10.5 Å². The van der Waals surface area contributed by atoms with Crippen LogP contribution in [0.15, 0.2) is 84.9 Å². The van der Waals surface area contributed by atoms with E-state index in [-0.39, 0.29) is 24.0 Å². The minimum atomic E-state index is -0.202. The fourth-order valence-corrected chi connectivity index (χ4v) is 5.15. The van der Waals surface area contributed by atoms with Gasteiger partial charge in [-0.2, -0.15) is 0 Å². The highest BCUT2D eigenvalue weighted by molar-refractivity contribution is 5.96. The quantitative estimate of drug-likeness (QED) is 0.576. The molecule has 2 aliphatic rings. The number of amides is 3. The van der Waals surface area contributed by atoms with Gasteiger partial charge in [-0.05, 0) is 35.4 Å². The number of nitrogens with one attached hydrogen (secondary N) is 1. The lowest BCUT2D eigenvalue weighted by Gasteiger charge is -2.40. The van der Waals surface area contributed by atoms with Gasteiger partial charge in [-0.15, -0.1) is 0 Å². The molecule has 2 saturated heterocycles. The zero-order valence-corrected chi connectivity index (χ0v) is 20.5. The van der Waals surface area contributed by atoms with E-state index in [1.54, 1.807) is 12.0 Å². The van der Waals surface area contributed by atoms with Crippen LogP contribution in [0.3, 0.4) is 0 Å². The molecule has 0 bridgehead atoms. The van der Waals surface area contributed by atoms with Gasteiger partial charge in [0, 0.05) is 44.8 Å². The summed E-state index contributed by atoms with van der Waals surface area (Å²) in [6.45, 7) is 3.32. The Hall–Kier alpha value is -3.84. The lowest BCUT2D eigenvalue weighted by molar-refractivity contribution is -0.117. The van der Waals surface area contributed by atoms with Gasteiger partial charge < -0.3 is 19.9 Å². The fourth-order valence-electron chi connectivity index (χ4n) is 5.15. The Balaban J connectivity index is 1.19. The zero-order valence-electron chi connectivity index (χ0n) is 20.5. The third-order valence-corrected chi connectivity index (χ3v) is 7.03. The van der Waals surface area contributed by atoms with E-state index < -0.39 is 0 Å². The molecule has 0 spiro atoms. The number of ether oxygens (including phenoxy) is 1. The van der Waals surface area contributed by atoms with Gasteiger partial charge in [-0.3, -0.25) is 9.69 Å². The van der Waals surface area contributed by atoms with Crippen molar-refractivity contribution in [1.82, 2.24) is 15.1 Å². The lowest BCUT2D eigenvalue weighted by atomic mass is 9.96. The number of urea groups is 1. The largest absolute Gasteiger partial charge is 0.497 e. The van der Waals surface area contributed by atoms with Crippen LogP contribution in [0.2, 0.25) is 0 Å². The van der Waals surface area contributed by atoms with E-state index in [0.29, 0.717) is 26.1 Å². The van der Waals surface area contributed by atoms with Gasteiger partial charge in [-0.1, -0.05) is 60.7 Å². The van der Waals surface area contributed by atoms with Crippen molar-refractivity contribution in [2.24, 2.45) is 0 Å². The summed E-state index contributed by atoms with van der Waals surface area (Å²) in [4.78, 5) is 31.7. The third kappa shape index (κ3) is 5.21. The summed E-state index contributed by atoms with van der Waals surface area (Å²) >= 11 is 0. The normalized spacial score (nSPS) is 18.5. The van der Waals surface area contributed by atoms with Crippen LogP contribution in [0, 0.1) is 0 Å². The second-order valence-electron chi connectivity index (χ2n) is 9.30. The van der Waals surface area contributed by atoms with Gasteiger partial charge in [-0.25, -0.2) is 4.79 Å². The molecule has 1 N–H and O–H groups in total. The van der Waals surface area contributed by atoms with Crippen molar-refractivity contribution in [3.63, 3.8) is 0 Å². The van der Waals surface area contributed by atoms with E-state index in [9.17, 15) is 9.59 Å². The molecule has 0 unspecified atom stereocenters. The predicted molar refractivity (Wildman–Crippen MR) is 140 cm³/mol. The van der Waals surface area contributed by atoms with Crippen LogP contribution in [0.25, 0.3) is 0 Å². The summed E-state index contributed by atoms with van der Waals surface area (Å²) in [7, 11) is 1.62. The van der Waals surface area contributed by atoms with Crippen LogP contribution in [-0.4, -0.2) is 67.6 Å². The Kier molecular flexibility index (Phi) is 7.18. The molecule has 0 aromatic heterocycles. The minimum absolute atomic E-state index is 0.0175. The molecule has 5 rings (SSSR count). The number of nitrogens with zero attached hydrogens (tertiary/aromatic N) is 3. The number of hydrogen-bond acceptors (Lipinski definition) is 4. The van der Waals surface area contributed by atoms with Gasteiger partial charge in [0.25, 0.3) is 0 Å². The highest BCUT2D eigenvalue weighted by atomic mass is 16.5. The van der Waals surface area contributed by atoms with Gasteiger partial charge in [0.15, 0.2) is 0 Å². The molecule has 2 aliphatic heterocycles. The van der Waals surface area contributed by atoms with Crippen molar-refractivity contribution in [2.45, 2.75) is 18.5 Å². The Bertz CT molecular complexity index is 1120. The van der Waals surface area contributed by atoms with Crippen molar-refractivity contribution in [3.8, 4) is 5.75 Å². The average molecular weight is 485 g/mol. The number of anilines is 1. The predicted octanol–water partition coefficient (Wildman–Crippen LogP) is 3.92. The maximum Gasteiger partial charge on any atom is 0.317 e. The number of benzene rings is 3. The maximum atomic E-state index is 13.1. The Morgan fingerprint density at radius 1 is 0.861 bits per heavy atom. The molecular formula is C29H32N4O3. The monoisotopic (exact) mass is 484 g/mol. The molecule has 3 aromatic carbocycles. The number of methoxy groups -OCH3 is 1. The molecule has 3 aromatic rings. The number of carbonyl (C=O) groups excluding carboxylic acids is 2. The van der Waals surface area contributed by atoms with E-state index in [4.69, 9.17) is 4.74 Å². The first-order valence-corrected chi connectivity index (χ1v) is 12.5. The second kappa shape index (κ2) is 10.8. The highest BCUT2D eigenvalue weighted by Crippen LogP contribution is 2.29. The Morgan fingerprint density at radius 3 is 2.00 bits per heavy atom. The first-order chi connectivity index (χ1) is 17.6. The van der Waals surface area contributed by atoms with Crippen LogP contribution in [0.5, 0.6) is 5.75 Å². The smallest absolute Gasteiger partial charge is 0.317 e. The SMILES string of the molecule is COc1ccc(N2C[C@H](NC(=O)N3CCN(C(c4ccccc4)c4ccccc4)CC3)CC2=O)cc1. The fraction of sp³-hybridized carbons (Fsp3) is 0.310. The molecule has 0 aliphatic carbocycles. The van der Waals surface area contributed by atoms with E-state index in [1.807, 2.05) is 41.3 Å². The molecule has 3 amide bonds. The Morgan fingerprint density at radius 2 is 1.44 bits per heavy atom. The maximum absolute atomic E-state index is 13.1. The summed E-state index contributed by atoms with van der Waals surface area (Å²) in [5, 5.41) is 3.09. The van der Waals surface area contributed by atoms with E-state index >= 15 is 0 Å². The number of carbonyl (C=O) groups is 2. The van der Waals surface area contributed by atoms with Gasteiger partial charge >= 0.3 is 6.03 Å². The molecule has 7 heteroatoms. The molecular weight excluding hydrogens is 452 g/mol. The zero-order chi connectivity index (χ0) is 24.9. The van der Waals surface area contributed by atoms with E-state index in [1.165, 1.54) is 11.1 Å². The van der Waals surface area contributed by atoms with E-state index in [0.717, 1.165) is 24.5 Å². The van der Waals surface area contributed by atoms with Crippen molar-refractivity contribution in [1.29, 1.82) is 0 Å². The molecule has 0 radical (unpaired) electrons. The van der Waals surface area contributed by atoms with Crippen LogP contribution < -0.4 is 15.0 Å². The minimum Gasteiger partial charge on any atom is -0.497 e. The summed E-state index contributed by atoms with van der Waals surface area (Å²) in [5.41, 5.74) is 3.33. The summed E-state index contributed by atoms with van der Waals surface area (Å²) in [6, 6.07) is 28.3. The Labute approximate surface area is 212 Å². The second-order valence-corrected chi connectivity index (χ2v) is 9.30. The first kappa shape index (κ1) is 23.9. The number of hydrogen-bond donors (Lipinski definition) is 1. The standard InChI is InChI=1S/C29H32N4O3/c1-36-26-14-12-25(13-15-26)33-21-24(20-27(33)34)30-29(35)32-18-16-31(17-19-32)28(22-8-4-2-5-9-22)23-10-6-3-7-11-23/h2-15,24,28H,16-21H2,1H3,(H,30,35)/t24-/m1/s1. The lowest BCUT2D eigenvalue weighted by Crippen LogP contribution is -2.54. The topological polar surface area (TPSA) is 65.1 Å². The third-order valence-electron chi connectivity index (χ3n) is 7.03. The number of piperazine rings is 1. The van der Waals surface area contributed by atoms with Crippen LogP contribution in [-0.2, 0) is 4.79 Å². The highest BCUT2D eigenvalue weighted by Gasteiger charge is 2.34. The van der Waals surface area contributed by atoms with Crippen LogP contribution >= 0.6 is 0 Å². The van der Waals surface area contributed by atoms with Gasteiger partial charge in [0.05, 0.1) is 19.2 Å². The molecule has 7 nitrogen and oxygen atoms in total. The van der Waals surface area contributed by atoms with Crippen molar-refractivity contribution in [2.75, 3.05) is 44.7 Å². The van der Waals surface area contributed by atoms with Gasteiger partial charge in [0.2, 0.25) is 5.91 Å². The molecule has 1 atom stereocenters. The molecule has 36 heavy (non-hydrogen) atoms.